The average molecular weight is 406 g/mol. The monoisotopic (exact) mass is 405 g/mol. The Morgan fingerprint density at radius 2 is 2.08 bits per heavy atom. The molecule has 25 heavy (non-hydrogen) atoms. The lowest BCUT2D eigenvalue weighted by Gasteiger charge is -2.32. The second kappa shape index (κ2) is 10.1. The van der Waals surface area contributed by atoms with Crippen LogP contribution in [-0.2, 0) is 6.42 Å². The largest absolute Gasteiger partial charge is 0.336 e. The van der Waals surface area contributed by atoms with E-state index in [0.717, 1.165) is 36.5 Å². The third kappa shape index (κ3) is 5.64. The zero-order chi connectivity index (χ0) is 16.2. The number of amides is 1. The first-order valence-corrected chi connectivity index (χ1v) is 8.69. The van der Waals surface area contributed by atoms with Crippen LogP contribution in [0.3, 0.4) is 0 Å². The first-order chi connectivity index (χ1) is 11.2. The molecule has 0 spiro atoms. The van der Waals surface area contributed by atoms with E-state index in [4.69, 9.17) is 0 Å². The number of rotatable bonds is 4. The van der Waals surface area contributed by atoms with Crippen molar-refractivity contribution < 1.29 is 9.18 Å². The SMILES string of the molecule is CNC1CCCN(C(=O)c2csc(Cc3ccc(F)cc3)n2)C1.Cl.Cl. The summed E-state index contributed by atoms with van der Waals surface area (Å²) < 4.78 is 12.9. The minimum atomic E-state index is -0.243. The van der Waals surface area contributed by atoms with Gasteiger partial charge in [-0.05, 0) is 37.6 Å². The number of carbonyl (C=O) groups is 1. The number of likely N-dealkylation sites (N-methyl/N-ethyl adjacent to an activating group) is 1. The molecule has 0 radical (unpaired) electrons. The quantitative estimate of drug-likeness (QED) is 0.845. The molecule has 1 N–H and O–H groups in total. The fourth-order valence-corrected chi connectivity index (χ4v) is 3.63. The third-order valence-electron chi connectivity index (χ3n) is 4.16. The summed E-state index contributed by atoms with van der Waals surface area (Å²) in [6, 6.07) is 6.76. The average Bonchev–Trinajstić information content (AvgIpc) is 3.05. The summed E-state index contributed by atoms with van der Waals surface area (Å²) in [5.41, 5.74) is 1.51. The van der Waals surface area contributed by atoms with Gasteiger partial charge in [0, 0.05) is 30.9 Å². The van der Waals surface area contributed by atoms with Crippen LogP contribution in [0.4, 0.5) is 4.39 Å². The molecular weight excluding hydrogens is 384 g/mol. The summed E-state index contributed by atoms with van der Waals surface area (Å²) in [5.74, 6) is -0.237. The van der Waals surface area contributed by atoms with E-state index in [1.54, 1.807) is 12.1 Å². The number of thiazole rings is 1. The smallest absolute Gasteiger partial charge is 0.273 e. The van der Waals surface area contributed by atoms with Gasteiger partial charge in [-0.15, -0.1) is 36.2 Å². The van der Waals surface area contributed by atoms with E-state index < -0.39 is 0 Å². The number of likely N-dealkylation sites (tertiary alicyclic amines) is 1. The van der Waals surface area contributed by atoms with Crippen LogP contribution in [-0.4, -0.2) is 42.0 Å². The summed E-state index contributed by atoms with van der Waals surface area (Å²) in [5, 5.41) is 5.94. The second-order valence-corrected chi connectivity index (χ2v) is 6.75. The maximum atomic E-state index is 12.9. The van der Waals surface area contributed by atoms with E-state index in [9.17, 15) is 9.18 Å². The van der Waals surface area contributed by atoms with Crippen molar-refractivity contribution in [2.75, 3.05) is 20.1 Å². The van der Waals surface area contributed by atoms with Gasteiger partial charge < -0.3 is 10.2 Å². The van der Waals surface area contributed by atoms with Crippen LogP contribution in [0.15, 0.2) is 29.6 Å². The Morgan fingerprint density at radius 3 is 2.76 bits per heavy atom. The summed E-state index contributed by atoms with van der Waals surface area (Å²) in [7, 11) is 1.93. The zero-order valence-electron chi connectivity index (χ0n) is 13.9. The summed E-state index contributed by atoms with van der Waals surface area (Å²) in [4.78, 5) is 18.9. The number of piperidine rings is 1. The Balaban J connectivity index is 0.00000156. The van der Waals surface area contributed by atoms with Gasteiger partial charge in [0.25, 0.3) is 5.91 Å². The van der Waals surface area contributed by atoms with Crippen molar-refractivity contribution >= 4 is 42.1 Å². The number of hydrogen-bond donors (Lipinski definition) is 1. The van der Waals surface area contributed by atoms with Crippen LogP contribution in [0.5, 0.6) is 0 Å². The molecule has 0 bridgehead atoms. The topological polar surface area (TPSA) is 45.2 Å². The first-order valence-electron chi connectivity index (χ1n) is 7.81. The predicted octanol–water partition coefficient (Wildman–Crippen LogP) is 3.54. The Kier molecular flexibility index (Phi) is 8.79. The molecule has 4 nitrogen and oxygen atoms in total. The highest BCUT2D eigenvalue weighted by Crippen LogP contribution is 2.18. The number of benzene rings is 1. The predicted molar refractivity (Wildman–Crippen MR) is 104 cm³/mol. The van der Waals surface area contributed by atoms with Crippen LogP contribution in [0.1, 0.15) is 33.9 Å². The molecule has 0 saturated carbocycles. The van der Waals surface area contributed by atoms with E-state index in [1.165, 1.54) is 23.5 Å². The van der Waals surface area contributed by atoms with Crippen molar-refractivity contribution in [3.63, 3.8) is 0 Å². The van der Waals surface area contributed by atoms with Gasteiger partial charge in [-0.25, -0.2) is 9.37 Å². The number of nitrogens with one attached hydrogen (secondary N) is 1. The fourth-order valence-electron chi connectivity index (χ4n) is 2.83. The van der Waals surface area contributed by atoms with Crippen molar-refractivity contribution in [2.45, 2.75) is 25.3 Å². The molecule has 0 aliphatic carbocycles. The van der Waals surface area contributed by atoms with Gasteiger partial charge in [0.15, 0.2) is 0 Å². The Hall–Kier alpha value is -1.21. The van der Waals surface area contributed by atoms with Crippen molar-refractivity contribution in [2.24, 2.45) is 0 Å². The molecule has 1 unspecified atom stereocenters. The van der Waals surface area contributed by atoms with Crippen LogP contribution in [0, 0.1) is 5.82 Å². The maximum Gasteiger partial charge on any atom is 0.273 e. The van der Waals surface area contributed by atoms with E-state index in [2.05, 4.69) is 10.3 Å². The van der Waals surface area contributed by atoms with E-state index in [1.807, 2.05) is 17.3 Å². The van der Waals surface area contributed by atoms with Gasteiger partial charge in [-0.3, -0.25) is 4.79 Å². The molecule has 1 aliphatic heterocycles. The molecule has 1 atom stereocenters. The van der Waals surface area contributed by atoms with Gasteiger partial charge in [-0.1, -0.05) is 12.1 Å². The van der Waals surface area contributed by atoms with Crippen LogP contribution in [0.2, 0.25) is 0 Å². The summed E-state index contributed by atoms with van der Waals surface area (Å²) >= 11 is 1.48. The number of nitrogens with zero attached hydrogens (tertiary/aromatic N) is 2. The lowest BCUT2D eigenvalue weighted by Crippen LogP contribution is -2.47. The molecule has 1 saturated heterocycles. The molecule has 1 aliphatic rings. The molecule has 1 aromatic heterocycles. The molecule has 1 aromatic carbocycles. The number of carbonyl (C=O) groups excluding carboxylic acids is 1. The number of halogens is 3. The molecule has 2 heterocycles. The Bertz CT molecular complexity index is 681. The molecule has 138 valence electrons. The standard InChI is InChI=1S/C17H20FN3OS.2ClH/c1-19-14-3-2-8-21(10-14)17(22)15-11-23-16(20-15)9-12-4-6-13(18)7-5-12;;/h4-7,11,14,19H,2-3,8-10H2,1H3;2*1H. The highest BCUT2D eigenvalue weighted by Gasteiger charge is 2.25. The van der Waals surface area contributed by atoms with Gasteiger partial charge in [-0.2, -0.15) is 0 Å². The normalized spacial score (nSPS) is 16.7. The minimum Gasteiger partial charge on any atom is -0.336 e. The van der Waals surface area contributed by atoms with Crippen molar-refractivity contribution in [3.05, 3.63) is 51.7 Å². The third-order valence-corrected chi connectivity index (χ3v) is 5.01. The number of hydrogen-bond acceptors (Lipinski definition) is 4. The molecule has 1 fully saturated rings. The van der Waals surface area contributed by atoms with Crippen LogP contribution in [0.25, 0.3) is 0 Å². The van der Waals surface area contributed by atoms with Gasteiger partial charge in [0.05, 0.1) is 5.01 Å². The Labute approximate surface area is 163 Å². The van der Waals surface area contributed by atoms with Crippen molar-refractivity contribution in [3.8, 4) is 0 Å². The molecule has 1 amide bonds. The van der Waals surface area contributed by atoms with Gasteiger partial charge >= 0.3 is 0 Å². The van der Waals surface area contributed by atoms with Gasteiger partial charge in [0.1, 0.15) is 11.5 Å². The fraction of sp³-hybridized carbons (Fsp3) is 0.412. The summed E-state index contributed by atoms with van der Waals surface area (Å²) in [6.45, 7) is 1.53. The van der Waals surface area contributed by atoms with E-state index >= 15 is 0 Å². The Morgan fingerprint density at radius 1 is 1.36 bits per heavy atom. The van der Waals surface area contributed by atoms with E-state index in [-0.39, 0.29) is 36.5 Å². The lowest BCUT2D eigenvalue weighted by molar-refractivity contribution is 0.0693. The number of aromatic nitrogens is 1. The second-order valence-electron chi connectivity index (χ2n) is 5.81. The summed E-state index contributed by atoms with van der Waals surface area (Å²) in [6.07, 6.45) is 2.74. The molecule has 3 rings (SSSR count). The highest BCUT2D eigenvalue weighted by atomic mass is 35.5. The van der Waals surface area contributed by atoms with E-state index in [0.29, 0.717) is 18.2 Å². The minimum absolute atomic E-state index is 0. The van der Waals surface area contributed by atoms with Crippen LogP contribution < -0.4 is 5.32 Å². The first kappa shape index (κ1) is 21.8. The maximum absolute atomic E-state index is 12.9. The van der Waals surface area contributed by atoms with Crippen molar-refractivity contribution in [1.82, 2.24) is 15.2 Å². The zero-order valence-corrected chi connectivity index (χ0v) is 16.4. The van der Waals surface area contributed by atoms with Crippen molar-refractivity contribution in [1.29, 1.82) is 0 Å². The molecular formula is C17H22Cl2FN3OS. The lowest BCUT2D eigenvalue weighted by atomic mass is 10.1. The molecule has 2 aromatic rings. The highest BCUT2D eigenvalue weighted by molar-refractivity contribution is 7.09. The molecule has 8 heteroatoms. The van der Waals surface area contributed by atoms with Crippen LogP contribution >= 0.6 is 36.2 Å². The van der Waals surface area contributed by atoms with Gasteiger partial charge in [0.2, 0.25) is 0 Å².